The molecule has 0 bridgehead atoms. The zero-order valence-electron chi connectivity index (χ0n) is 16.9. The predicted octanol–water partition coefficient (Wildman–Crippen LogP) is 4.95. The molecule has 0 spiro atoms. The largest absolute Gasteiger partial charge is 0.414 e. The van der Waals surface area contributed by atoms with E-state index in [1.807, 2.05) is 25.1 Å². The van der Waals surface area contributed by atoms with E-state index in [0.717, 1.165) is 36.1 Å². The van der Waals surface area contributed by atoms with Crippen molar-refractivity contribution in [2.45, 2.75) is 45.8 Å². The van der Waals surface area contributed by atoms with Crippen LogP contribution in [0.1, 0.15) is 35.6 Å². The number of hydrogen-bond donors (Lipinski definition) is 0. The average Bonchev–Trinajstić information content (AvgIpc) is 3.07. The number of aryl methyl sites for hydroxylation is 2. The molecular formula is C22H28ClFN2O2. The summed E-state index contributed by atoms with van der Waals surface area (Å²) in [5, 5.41) is 0. The molecule has 2 aromatic rings. The highest BCUT2D eigenvalue weighted by Crippen LogP contribution is 2.28. The molecule has 1 amide bonds. The summed E-state index contributed by atoms with van der Waals surface area (Å²) in [5.41, 5.74) is 4.11. The van der Waals surface area contributed by atoms with E-state index in [-0.39, 0.29) is 24.3 Å². The van der Waals surface area contributed by atoms with Gasteiger partial charge in [-0.25, -0.2) is 9.18 Å². The maximum Gasteiger partial charge on any atom is 0.414 e. The molecule has 1 aliphatic heterocycles. The first-order valence-corrected chi connectivity index (χ1v) is 9.34. The normalized spacial score (nSPS) is 14.2. The molecule has 0 unspecified atom stereocenters. The standard InChI is InChI=1S/C22H27FN2O2.ClH/c1-15-12-17(10-11-21(15)27-22(26)24(3)4)9-8-16(2)25-13-18-6-5-7-20(23)19(18)14-25;/h5-7,10-12,16H,8-9,13-14H2,1-4H3;1H/t16-;/m1./s1. The van der Waals surface area contributed by atoms with E-state index in [9.17, 15) is 9.18 Å². The van der Waals surface area contributed by atoms with Gasteiger partial charge in [0.25, 0.3) is 0 Å². The van der Waals surface area contributed by atoms with Gasteiger partial charge in [0, 0.05) is 38.8 Å². The minimum absolute atomic E-state index is 0. The lowest BCUT2D eigenvalue weighted by Crippen LogP contribution is -2.28. The molecular weight excluding hydrogens is 379 g/mol. The second-order valence-corrected chi connectivity index (χ2v) is 7.53. The maximum atomic E-state index is 13.9. The number of carbonyl (C=O) groups is 1. The van der Waals surface area contributed by atoms with Crippen LogP contribution in [0.4, 0.5) is 9.18 Å². The number of halogens is 2. The van der Waals surface area contributed by atoms with E-state index in [1.54, 1.807) is 26.2 Å². The summed E-state index contributed by atoms with van der Waals surface area (Å²) in [7, 11) is 3.33. The quantitative estimate of drug-likeness (QED) is 0.704. The molecule has 0 saturated heterocycles. The summed E-state index contributed by atoms with van der Waals surface area (Å²) in [6.45, 7) is 5.64. The number of fused-ring (bicyclic) bond motifs is 1. The summed E-state index contributed by atoms with van der Waals surface area (Å²) < 4.78 is 19.3. The SMILES string of the molecule is Cc1cc(CC[C@@H](C)N2Cc3cccc(F)c3C2)ccc1OC(=O)N(C)C.Cl. The van der Waals surface area contributed by atoms with Gasteiger partial charge in [0.2, 0.25) is 0 Å². The third-order valence-corrected chi connectivity index (χ3v) is 5.23. The first-order valence-electron chi connectivity index (χ1n) is 9.34. The van der Waals surface area contributed by atoms with Crippen LogP contribution in [0.15, 0.2) is 36.4 Å². The Labute approximate surface area is 172 Å². The first-order chi connectivity index (χ1) is 12.8. The molecule has 0 aliphatic carbocycles. The van der Waals surface area contributed by atoms with E-state index in [0.29, 0.717) is 18.3 Å². The van der Waals surface area contributed by atoms with Crippen LogP contribution in [0.2, 0.25) is 0 Å². The van der Waals surface area contributed by atoms with Gasteiger partial charge in [-0.1, -0.05) is 24.3 Å². The molecule has 1 aliphatic rings. The third-order valence-electron chi connectivity index (χ3n) is 5.23. The summed E-state index contributed by atoms with van der Waals surface area (Å²) >= 11 is 0. The summed E-state index contributed by atoms with van der Waals surface area (Å²) in [5.74, 6) is 0.497. The number of amides is 1. The van der Waals surface area contributed by atoms with Crippen LogP contribution in [0.25, 0.3) is 0 Å². The van der Waals surface area contributed by atoms with Gasteiger partial charge in [-0.05, 0) is 55.5 Å². The molecule has 152 valence electrons. The van der Waals surface area contributed by atoms with Crippen LogP contribution >= 0.6 is 12.4 Å². The highest BCUT2D eigenvalue weighted by atomic mass is 35.5. The number of carbonyl (C=O) groups excluding carboxylic acids is 1. The number of nitrogens with zero attached hydrogens (tertiary/aromatic N) is 2. The van der Waals surface area contributed by atoms with Gasteiger partial charge >= 0.3 is 6.09 Å². The molecule has 0 saturated carbocycles. The van der Waals surface area contributed by atoms with Crippen molar-refractivity contribution >= 4 is 18.5 Å². The Hall–Kier alpha value is -2.11. The van der Waals surface area contributed by atoms with Crippen molar-refractivity contribution in [1.29, 1.82) is 0 Å². The Morgan fingerprint density at radius 2 is 2.00 bits per heavy atom. The third kappa shape index (κ3) is 5.03. The lowest BCUT2D eigenvalue weighted by molar-refractivity contribution is 0.171. The topological polar surface area (TPSA) is 32.8 Å². The Balaban J connectivity index is 0.00000280. The van der Waals surface area contributed by atoms with E-state index < -0.39 is 0 Å². The van der Waals surface area contributed by atoms with Crippen LogP contribution in [0.5, 0.6) is 5.75 Å². The van der Waals surface area contributed by atoms with E-state index in [4.69, 9.17) is 4.74 Å². The molecule has 0 N–H and O–H groups in total. The fourth-order valence-corrected chi connectivity index (χ4v) is 3.44. The molecule has 28 heavy (non-hydrogen) atoms. The Kier molecular flexibility index (Phi) is 7.44. The molecule has 4 nitrogen and oxygen atoms in total. The number of rotatable bonds is 5. The van der Waals surface area contributed by atoms with E-state index in [2.05, 4.69) is 17.9 Å². The van der Waals surface area contributed by atoms with Crippen molar-refractivity contribution in [2.75, 3.05) is 14.1 Å². The minimum Gasteiger partial charge on any atom is -0.410 e. The summed E-state index contributed by atoms with van der Waals surface area (Å²) in [6.07, 6.45) is 1.55. The Bertz CT molecular complexity index is 841. The second-order valence-electron chi connectivity index (χ2n) is 7.53. The van der Waals surface area contributed by atoms with Crippen molar-refractivity contribution in [1.82, 2.24) is 9.80 Å². The molecule has 3 rings (SSSR count). The number of hydrogen-bond acceptors (Lipinski definition) is 3. The predicted molar refractivity (Wildman–Crippen MR) is 112 cm³/mol. The molecule has 2 aromatic carbocycles. The van der Waals surface area contributed by atoms with Gasteiger partial charge in [-0.2, -0.15) is 0 Å². The number of ether oxygens (including phenoxy) is 1. The van der Waals surface area contributed by atoms with Crippen LogP contribution in [0.3, 0.4) is 0 Å². The highest BCUT2D eigenvalue weighted by molar-refractivity contribution is 5.85. The summed E-state index contributed by atoms with van der Waals surface area (Å²) in [4.78, 5) is 15.4. The zero-order valence-corrected chi connectivity index (χ0v) is 17.7. The minimum atomic E-state index is -0.375. The fraction of sp³-hybridized carbons (Fsp3) is 0.409. The number of benzene rings is 2. The van der Waals surface area contributed by atoms with Gasteiger partial charge in [-0.3, -0.25) is 4.90 Å². The monoisotopic (exact) mass is 406 g/mol. The summed E-state index contributed by atoms with van der Waals surface area (Å²) in [6, 6.07) is 11.7. The van der Waals surface area contributed by atoms with Gasteiger partial charge in [0.05, 0.1) is 0 Å². The van der Waals surface area contributed by atoms with Crippen molar-refractivity contribution in [2.24, 2.45) is 0 Å². The molecule has 6 heteroatoms. The molecule has 1 heterocycles. The fourth-order valence-electron chi connectivity index (χ4n) is 3.44. The van der Waals surface area contributed by atoms with Crippen molar-refractivity contribution in [3.8, 4) is 5.75 Å². The maximum absolute atomic E-state index is 13.9. The zero-order chi connectivity index (χ0) is 19.6. The van der Waals surface area contributed by atoms with Crippen LogP contribution in [-0.4, -0.2) is 36.0 Å². The molecule has 0 radical (unpaired) electrons. The van der Waals surface area contributed by atoms with Gasteiger partial charge in [0.1, 0.15) is 11.6 Å². The van der Waals surface area contributed by atoms with Crippen LogP contribution in [-0.2, 0) is 19.5 Å². The van der Waals surface area contributed by atoms with Gasteiger partial charge in [-0.15, -0.1) is 12.4 Å². The lowest BCUT2D eigenvalue weighted by Gasteiger charge is -2.24. The molecule has 0 fully saturated rings. The highest BCUT2D eigenvalue weighted by Gasteiger charge is 2.25. The van der Waals surface area contributed by atoms with Gasteiger partial charge in [0.15, 0.2) is 0 Å². The van der Waals surface area contributed by atoms with Crippen molar-refractivity contribution < 1.29 is 13.9 Å². The van der Waals surface area contributed by atoms with Crippen molar-refractivity contribution in [3.05, 3.63) is 64.5 Å². The smallest absolute Gasteiger partial charge is 0.410 e. The Morgan fingerprint density at radius 3 is 2.64 bits per heavy atom. The van der Waals surface area contributed by atoms with Crippen molar-refractivity contribution in [3.63, 3.8) is 0 Å². The second kappa shape index (κ2) is 9.39. The van der Waals surface area contributed by atoms with Gasteiger partial charge < -0.3 is 9.64 Å². The lowest BCUT2D eigenvalue weighted by atomic mass is 10.0. The Morgan fingerprint density at radius 1 is 1.25 bits per heavy atom. The van der Waals surface area contributed by atoms with E-state index >= 15 is 0 Å². The van der Waals surface area contributed by atoms with E-state index in [1.165, 1.54) is 10.5 Å². The molecule has 1 atom stereocenters. The molecule has 0 aromatic heterocycles. The first kappa shape index (κ1) is 22.2. The van der Waals surface area contributed by atoms with Crippen LogP contribution < -0.4 is 4.74 Å². The van der Waals surface area contributed by atoms with Crippen LogP contribution in [0, 0.1) is 12.7 Å². The average molecular weight is 407 g/mol.